The summed E-state index contributed by atoms with van der Waals surface area (Å²) in [5.74, 6) is 0. The lowest BCUT2D eigenvalue weighted by Crippen LogP contribution is -2.16. The molecule has 0 aromatic carbocycles. The molecule has 1 aromatic rings. The molecule has 0 saturated carbocycles. The third-order valence-electron chi connectivity index (χ3n) is 1.85. The highest BCUT2D eigenvalue weighted by Crippen LogP contribution is 2.00. The van der Waals surface area contributed by atoms with Gasteiger partial charge in [-0.05, 0) is 12.8 Å². The Hall–Kier alpha value is -1.22. The number of hydrogen-bond acceptors (Lipinski definition) is 3. The average Bonchev–Trinajstić information content (AvgIpc) is 2.19. The molecule has 0 aliphatic rings. The summed E-state index contributed by atoms with van der Waals surface area (Å²) in [4.78, 5) is 7.82. The molecule has 1 atom stereocenters. The molecule has 1 rings (SSSR count). The van der Waals surface area contributed by atoms with E-state index in [4.69, 9.17) is 5.73 Å². The number of nitrogens with two attached hydrogens (primary N) is 1. The summed E-state index contributed by atoms with van der Waals surface area (Å²) in [6, 6.07) is 0.265. The lowest BCUT2D eigenvalue weighted by molar-refractivity contribution is 0.660. The largest absolute Gasteiger partial charge is 0.327 e. The van der Waals surface area contributed by atoms with Crippen molar-refractivity contribution in [1.29, 1.82) is 0 Å². The molecule has 0 radical (unpaired) electrons. The Labute approximate surface area is 78.7 Å². The molecule has 0 saturated heterocycles. The maximum absolute atomic E-state index is 5.75. The normalized spacial score (nSPS) is 13.4. The van der Waals surface area contributed by atoms with Crippen molar-refractivity contribution >= 4 is 6.08 Å². The third kappa shape index (κ3) is 3.80. The van der Waals surface area contributed by atoms with Crippen LogP contribution in [0.2, 0.25) is 0 Å². The number of aromatic nitrogens is 2. The highest BCUT2D eigenvalue weighted by molar-refractivity contribution is 5.45. The lowest BCUT2D eigenvalue weighted by Gasteiger charge is -2.02. The molecule has 70 valence electrons. The fourth-order valence-corrected chi connectivity index (χ4v) is 0.942. The van der Waals surface area contributed by atoms with Crippen LogP contribution < -0.4 is 5.73 Å². The molecule has 2 N–H and O–H groups in total. The second kappa shape index (κ2) is 5.43. The fraction of sp³-hybridized carbons (Fsp3) is 0.400. The van der Waals surface area contributed by atoms with Crippen molar-refractivity contribution in [2.75, 3.05) is 0 Å². The first-order chi connectivity index (χ1) is 6.33. The van der Waals surface area contributed by atoms with E-state index in [0.29, 0.717) is 0 Å². The van der Waals surface area contributed by atoms with Crippen molar-refractivity contribution in [3.63, 3.8) is 0 Å². The van der Waals surface area contributed by atoms with Gasteiger partial charge in [0.1, 0.15) is 6.33 Å². The SMILES string of the molecule is CCC(N)CC=Cc1cncnc1. The predicted octanol–water partition coefficient (Wildman–Crippen LogP) is 1.62. The molecule has 0 aliphatic carbocycles. The summed E-state index contributed by atoms with van der Waals surface area (Å²) in [7, 11) is 0. The van der Waals surface area contributed by atoms with Crippen LogP contribution in [0.5, 0.6) is 0 Å². The minimum absolute atomic E-state index is 0.265. The van der Waals surface area contributed by atoms with Crippen LogP contribution in [0.15, 0.2) is 24.8 Å². The van der Waals surface area contributed by atoms with Gasteiger partial charge in [-0.3, -0.25) is 0 Å². The molecular weight excluding hydrogens is 162 g/mol. The molecule has 3 nitrogen and oxygen atoms in total. The summed E-state index contributed by atoms with van der Waals surface area (Å²) in [6.45, 7) is 2.09. The van der Waals surface area contributed by atoms with Gasteiger partial charge in [0.2, 0.25) is 0 Å². The monoisotopic (exact) mass is 177 g/mol. The van der Waals surface area contributed by atoms with Crippen LogP contribution in [0.3, 0.4) is 0 Å². The van der Waals surface area contributed by atoms with Crippen LogP contribution in [0.1, 0.15) is 25.3 Å². The van der Waals surface area contributed by atoms with E-state index in [1.54, 1.807) is 12.4 Å². The van der Waals surface area contributed by atoms with Crippen LogP contribution in [0, 0.1) is 0 Å². The standard InChI is InChI=1S/C10H15N3/c1-2-10(11)5-3-4-9-6-12-8-13-7-9/h3-4,6-8,10H,2,5,11H2,1H3. The van der Waals surface area contributed by atoms with Crippen molar-refractivity contribution in [3.8, 4) is 0 Å². The van der Waals surface area contributed by atoms with Gasteiger partial charge >= 0.3 is 0 Å². The number of nitrogens with zero attached hydrogens (tertiary/aromatic N) is 2. The number of rotatable bonds is 4. The van der Waals surface area contributed by atoms with E-state index in [9.17, 15) is 0 Å². The Balaban J connectivity index is 2.41. The van der Waals surface area contributed by atoms with Gasteiger partial charge in [-0.15, -0.1) is 0 Å². The summed E-state index contributed by atoms with van der Waals surface area (Å²) < 4.78 is 0. The molecule has 0 spiro atoms. The maximum Gasteiger partial charge on any atom is 0.115 e. The molecule has 1 aromatic heterocycles. The average molecular weight is 177 g/mol. The van der Waals surface area contributed by atoms with Crippen molar-refractivity contribution < 1.29 is 0 Å². The molecule has 3 heteroatoms. The van der Waals surface area contributed by atoms with Gasteiger partial charge in [-0.1, -0.05) is 19.1 Å². The molecule has 0 aliphatic heterocycles. The first kappa shape index (κ1) is 9.86. The van der Waals surface area contributed by atoms with Crippen molar-refractivity contribution in [2.45, 2.75) is 25.8 Å². The van der Waals surface area contributed by atoms with Gasteiger partial charge < -0.3 is 5.73 Å². The molecule has 1 heterocycles. The molecular formula is C10H15N3. The topological polar surface area (TPSA) is 51.8 Å². The maximum atomic E-state index is 5.75. The molecule has 0 amide bonds. The van der Waals surface area contributed by atoms with Gasteiger partial charge in [0, 0.05) is 24.0 Å². The van der Waals surface area contributed by atoms with E-state index < -0.39 is 0 Å². The Kier molecular flexibility index (Phi) is 4.12. The van der Waals surface area contributed by atoms with Crippen molar-refractivity contribution in [2.24, 2.45) is 5.73 Å². The van der Waals surface area contributed by atoms with Crippen LogP contribution in [0.25, 0.3) is 6.08 Å². The predicted molar refractivity (Wildman–Crippen MR) is 53.9 cm³/mol. The van der Waals surface area contributed by atoms with Crippen molar-refractivity contribution in [3.05, 3.63) is 30.4 Å². The fourth-order valence-electron chi connectivity index (χ4n) is 0.942. The Morgan fingerprint density at radius 1 is 1.46 bits per heavy atom. The van der Waals surface area contributed by atoms with Crippen LogP contribution in [0.4, 0.5) is 0 Å². The molecule has 0 bridgehead atoms. The van der Waals surface area contributed by atoms with Crippen molar-refractivity contribution in [1.82, 2.24) is 9.97 Å². The molecule has 0 fully saturated rings. The van der Waals surface area contributed by atoms with Gasteiger partial charge in [-0.25, -0.2) is 9.97 Å². The van der Waals surface area contributed by atoms with E-state index in [2.05, 4.69) is 23.0 Å². The molecule has 1 unspecified atom stereocenters. The smallest absolute Gasteiger partial charge is 0.115 e. The lowest BCUT2D eigenvalue weighted by atomic mass is 10.1. The zero-order chi connectivity index (χ0) is 9.52. The van der Waals surface area contributed by atoms with E-state index in [-0.39, 0.29) is 6.04 Å². The summed E-state index contributed by atoms with van der Waals surface area (Å²) in [5.41, 5.74) is 6.77. The van der Waals surface area contributed by atoms with Crippen LogP contribution >= 0.6 is 0 Å². The summed E-state index contributed by atoms with van der Waals surface area (Å²) >= 11 is 0. The zero-order valence-electron chi connectivity index (χ0n) is 7.85. The Bertz CT molecular complexity index is 256. The molecule has 13 heavy (non-hydrogen) atoms. The minimum Gasteiger partial charge on any atom is -0.327 e. The highest BCUT2D eigenvalue weighted by atomic mass is 14.8. The van der Waals surface area contributed by atoms with Crippen LogP contribution in [-0.2, 0) is 0 Å². The first-order valence-electron chi connectivity index (χ1n) is 4.50. The van der Waals surface area contributed by atoms with E-state index >= 15 is 0 Å². The Morgan fingerprint density at radius 3 is 2.77 bits per heavy atom. The first-order valence-corrected chi connectivity index (χ1v) is 4.50. The third-order valence-corrected chi connectivity index (χ3v) is 1.85. The summed E-state index contributed by atoms with van der Waals surface area (Å²) in [6.07, 6.45) is 11.1. The van der Waals surface area contributed by atoms with E-state index in [1.165, 1.54) is 6.33 Å². The van der Waals surface area contributed by atoms with Crippen LogP contribution in [-0.4, -0.2) is 16.0 Å². The van der Waals surface area contributed by atoms with E-state index in [0.717, 1.165) is 18.4 Å². The van der Waals surface area contributed by atoms with Gasteiger partial charge in [0.25, 0.3) is 0 Å². The van der Waals surface area contributed by atoms with Gasteiger partial charge in [0.05, 0.1) is 0 Å². The summed E-state index contributed by atoms with van der Waals surface area (Å²) in [5, 5.41) is 0. The minimum atomic E-state index is 0.265. The quantitative estimate of drug-likeness (QED) is 0.760. The van der Waals surface area contributed by atoms with Gasteiger partial charge in [-0.2, -0.15) is 0 Å². The number of hydrogen-bond donors (Lipinski definition) is 1. The van der Waals surface area contributed by atoms with E-state index in [1.807, 2.05) is 6.08 Å². The second-order valence-corrected chi connectivity index (χ2v) is 2.98. The zero-order valence-corrected chi connectivity index (χ0v) is 7.85. The Morgan fingerprint density at radius 2 is 2.15 bits per heavy atom. The van der Waals surface area contributed by atoms with Gasteiger partial charge in [0.15, 0.2) is 0 Å². The highest BCUT2D eigenvalue weighted by Gasteiger charge is 1.93. The second-order valence-electron chi connectivity index (χ2n) is 2.98.